The first-order valence-corrected chi connectivity index (χ1v) is 16.0. The Balaban J connectivity index is 1.49. The number of aliphatic hydroxyl groups is 1. The van der Waals surface area contributed by atoms with Gasteiger partial charge in [0.05, 0.1) is 35.0 Å². The lowest BCUT2D eigenvalue weighted by atomic mass is 9.94. The van der Waals surface area contributed by atoms with Crippen molar-refractivity contribution in [2.75, 3.05) is 18.1 Å². The van der Waals surface area contributed by atoms with Crippen molar-refractivity contribution in [2.24, 2.45) is 0 Å². The summed E-state index contributed by atoms with van der Waals surface area (Å²) in [4.78, 5) is 33.6. The van der Waals surface area contributed by atoms with Crippen LogP contribution in [0.25, 0.3) is 16.0 Å². The molecule has 228 valence electrons. The summed E-state index contributed by atoms with van der Waals surface area (Å²) in [6.45, 7) is 6.92. The highest BCUT2D eigenvalue weighted by Gasteiger charge is 2.48. The first-order chi connectivity index (χ1) is 21.3. The number of thiazole rings is 1. The van der Waals surface area contributed by atoms with Gasteiger partial charge < -0.3 is 19.3 Å². The van der Waals surface area contributed by atoms with Crippen LogP contribution >= 0.6 is 22.9 Å². The Bertz CT molecular complexity index is 1780. The molecule has 1 saturated heterocycles. The van der Waals surface area contributed by atoms with Crippen LogP contribution < -0.4 is 19.1 Å². The van der Waals surface area contributed by atoms with Gasteiger partial charge in [0.1, 0.15) is 17.6 Å². The second-order valence-corrected chi connectivity index (χ2v) is 12.4. The molecule has 2 atom stereocenters. The summed E-state index contributed by atoms with van der Waals surface area (Å²) in [5.74, 6) is -0.0291. The fraction of sp³-hybridized carbons (Fsp3) is 0.324. The summed E-state index contributed by atoms with van der Waals surface area (Å²) in [5, 5.41) is 12.6. The SMILES string of the molecule is CCCCCOc1ccc(C2/C(=C(/O)c3ccc4c(c3)CC(C)O4)C(=O)C(=O)N2c2nc3ccc(Cl)cc3s2)cc1OCC. The quantitative estimate of drug-likeness (QED) is 0.0822. The van der Waals surface area contributed by atoms with Crippen LogP contribution in [0, 0.1) is 0 Å². The largest absolute Gasteiger partial charge is 0.507 e. The molecule has 2 aliphatic rings. The molecule has 0 spiro atoms. The number of aliphatic hydroxyl groups excluding tert-OH is 1. The maximum atomic E-state index is 13.8. The van der Waals surface area contributed by atoms with E-state index in [2.05, 4.69) is 11.9 Å². The molecule has 0 radical (unpaired) electrons. The van der Waals surface area contributed by atoms with Gasteiger partial charge in [-0.05, 0) is 79.9 Å². The van der Waals surface area contributed by atoms with Crippen LogP contribution in [0.1, 0.15) is 62.8 Å². The zero-order chi connectivity index (χ0) is 31.0. The number of benzene rings is 3. The van der Waals surface area contributed by atoms with Crippen LogP contribution in [0.5, 0.6) is 17.2 Å². The molecular weight excluding hydrogens is 600 g/mol. The molecular formula is C34H33ClN2O6S. The average Bonchev–Trinajstić information content (AvgIpc) is 3.67. The van der Waals surface area contributed by atoms with Gasteiger partial charge >= 0.3 is 5.91 Å². The molecule has 0 bridgehead atoms. The number of amides is 1. The zero-order valence-electron chi connectivity index (χ0n) is 24.8. The lowest BCUT2D eigenvalue weighted by Crippen LogP contribution is -2.29. The number of unbranched alkanes of at least 4 members (excludes halogenated alkanes) is 2. The predicted octanol–water partition coefficient (Wildman–Crippen LogP) is 7.87. The van der Waals surface area contributed by atoms with Crippen LogP contribution in [0.4, 0.5) is 5.13 Å². The second kappa shape index (κ2) is 12.5. The molecule has 8 nitrogen and oxygen atoms in total. The summed E-state index contributed by atoms with van der Waals surface area (Å²) in [5.41, 5.74) is 2.55. The number of hydrogen-bond donors (Lipinski definition) is 1. The number of carbonyl (C=O) groups excluding carboxylic acids is 2. The highest BCUT2D eigenvalue weighted by atomic mass is 35.5. The lowest BCUT2D eigenvalue weighted by Gasteiger charge is -2.24. The van der Waals surface area contributed by atoms with E-state index in [9.17, 15) is 14.7 Å². The van der Waals surface area contributed by atoms with E-state index in [4.69, 9.17) is 25.8 Å². The Kier molecular flexibility index (Phi) is 8.51. The van der Waals surface area contributed by atoms with Gasteiger partial charge in [0.15, 0.2) is 16.6 Å². The van der Waals surface area contributed by atoms with Gasteiger partial charge in [-0.2, -0.15) is 0 Å². The summed E-state index contributed by atoms with van der Waals surface area (Å²) in [6, 6.07) is 15.0. The first-order valence-electron chi connectivity index (χ1n) is 14.9. The summed E-state index contributed by atoms with van der Waals surface area (Å²) in [7, 11) is 0. The maximum absolute atomic E-state index is 13.8. The Morgan fingerprint density at radius 2 is 1.91 bits per heavy atom. The number of ketones is 1. The van der Waals surface area contributed by atoms with E-state index in [1.54, 1.807) is 48.5 Å². The number of ether oxygens (including phenoxy) is 3. The van der Waals surface area contributed by atoms with E-state index in [0.29, 0.717) is 57.9 Å². The third-order valence-corrected chi connectivity index (χ3v) is 9.00. The van der Waals surface area contributed by atoms with Crippen molar-refractivity contribution in [1.29, 1.82) is 0 Å². The van der Waals surface area contributed by atoms with Crippen LogP contribution in [-0.4, -0.2) is 41.1 Å². The van der Waals surface area contributed by atoms with Gasteiger partial charge in [-0.25, -0.2) is 4.98 Å². The average molecular weight is 633 g/mol. The molecule has 10 heteroatoms. The van der Waals surface area contributed by atoms with Gasteiger partial charge in [-0.3, -0.25) is 14.5 Å². The number of nitrogens with zero attached hydrogens (tertiary/aromatic N) is 2. The highest BCUT2D eigenvalue weighted by Crippen LogP contribution is 2.46. The minimum absolute atomic E-state index is 0.0141. The highest BCUT2D eigenvalue weighted by molar-refractivity contribution is 7.22. The number of rotatable bonds is 10. The first kappa shape index (κ1) is 30.0. The van der Waals surface area contributed by atoms with Gasteiger partial charge in [0.2, 0.25) is 0 Å². The van der Waals surface area contributed by atoms with Crippen molar-refractivity contribution in [3.05, 3.63) is 81.9 Å². The van der Waals surface area contributed by atoms with E-state index in [1.807, 2.05) is 19.9 Å². The third-order valence-electron chi connectivity index (χ3n) is 7.75. The molecule has 3 aromatic carbocycles. The molecule has 44 heavy (non-hydrogen) atoms. The minimum atomic E-state index is -0.970. The molecule has 2 aliphatic heterocycles. The second-order valence-electron chi connectivity index (χ2n) is 10.9. The molecule has 1 fully saturated rings. The van der Waals surface area contributed by atoms with Gasteiger partial charge in [0.25, 0.3) is 5.78 Å². The Labute approximate surface area is 264 Å². The zero-order valence-corrected chi connectivity index (χ0v) is 26.3. The number of hydrogen-bond acceptors (Lipinski definition) is 8. The minimum Gasteiger partial charge on any atom is -0.507 e. The summed E-state index contributed by atoms with van der Waals surface area (Å²) >= 11 is 7.48. The van der Waals surface area contributed by atoms with Crippen molar-refractivity contribution < 1.29 is 28.9 Å². The van der Waals surface area contributed by atoms with Gasteiger partial charge in [-0.15, -0.1) is 0 Å². The van der Waals surface area contributed by atoms with Crippen molar-refractivity contribution >= 4 is 55.7 Å². The van der Waals surface area contributed by atoms with E-state index in [-0.39, 0.29) is 17.4 Å². The monoisotopic (exact) mass is 632 g/mol. The van der Waals surface area contributed by atoms with Crippen molar-refractivity contribution in [3.63, 3.8) is 0 Å². The smallest absolute Gasteiger partial charge is 0.301 e. The molecule has 2 unspecified atom stereocenters. The predicted molar refractivity (Wildman–Crippen MR) is 172 cm³/mol. The van der Waals surface area contributed by atoms with Crippen molar-refractivity contribution in [2.45, 2.75) is 58.6 Å². The van der Waals surface area contributed by atoms with E-state index < -0.39 is 17.7 Å². The van der Waals surface area contributed by atoms with E-state index in [1.165, 1.54) is 16.2 Å². The summed E-state index contributed by atoms with van der Waals surface area (Å²) in [6.07, 6.45) is 3.74. The van der Waals surface area contributed by atoms with E-state index >= 15 is 0 Å². The van der Waals surface area contributed by atoms with Crippen LogP contribution in [0.2, 0.25) is 5.02 Å². The Hall–Kier alpha value is -4.08. The molecule has 3 heterocycles. The Morgan fingerprint density at radius 3 is 2.70 bits per heavy atom. The molecule has 6 rings (SSSR count). The molecule has 1 aromatic heterocycles. The fourth-order valence-corrected chi connectivity index (χ4v) is 6.94. The number of Topliss-reactive ketones (excluding diaryl/α,β-unsaturated/α-hetero) is 1. The number of halogens is 1. The topological polar surface area (TPSA) is 98.2 Å². The summed E-state index contributed by atoms with van der Waals surface area (Å²) < 4.78 is 18.6. The molecule has 1 N–H and O–H groups in total. The molecule has 1 amide bonds. The van der Waals surface area contributed by atoms with Gasteiger partial charge in [-0.1, -0.05) is 48.8 Å². The Morgan fingerprint density at radius 1 is 1.07 bits per heavy atom. The molecule has 4 aromatic rings. The number of anilines is 1. The lowest BCUT2D eigenvalue weighted by molar-refractivity contribution is -0.132. The number of carbonyl (C=O) groups is 2. The normalized spacial score (nSPS) is 19.0. The third kappa shape index (κ3) is 5.62. The van der Waals surface area contributed by atoms with E-state index in [0.717, 1.165) is 35.3 Å². The van der Waals surface area contributed by atoms with Crippen LogP contribution in [-0.2, 0) is 16.0 Å². The van der Waals surface area contributed by atoms with Crippen LogP contribution in [0.3, 0.4) is 0 Å². The fourth-order valence-electron chi connectivity index (χ4n) is 5.68. The molecule has 0 saturated carbocycles. The maximum Gasteiger partial charge on any atom is 0.301 e. The molecule has 0 aliphatic carbocycles. The van der Waals surface area contributed by atoms with Gasteiger partial charge in [0, 0.05) is 17.0 Å². The van der Waals surface area contributed by atoms with Crippen molar-refractivity contribution in [1.82, 2.24) is 4.98 Å². The van der Waals surface area contributed by atoms with Crippen molar-refractivity contribution in [3.8, 4) is 17.2 Å². The number of fused-ring (bicyclic) bond motifs is 2. The standard InChI is InChI=1S/C34H33ClN2O6S/c1-4-6-7-14-42-26-13-8-20(17-27(26)41-5-2)30-29(31(38)21-9-12-25-22(16-21)15-19(3)43-25)32(39)33(40)37(30)34-36-24-11-10-23(35)18-28(24)44-34/h8-13,16-19,30,38H,4-7,14-15H2,1-3H3/b31-29-. The van der Waals surface area contributed by atoms with Crippen LogP contribution in [0.15, 0.2) is 60.2 Å². The number of aromatic nitrogens is 1.